The van der Waals surface area contributed by atoms with Crippen LogP contribution in [0.1, 0.15) is 18.4 Å². The molecule has 1 aromatic carbocycles. The lowest BCUT2D eigenvalue weighted by Crippen LogP contribution is -2.49. The van der Waals surface area contributed by atoms with Gasteiger partial charge in [-0.3, -0.25) is 0 Å². The van der Waals surface area contributed by atoms with E-state index in [-0.39, 0.29) is 10.5 Å². The van der Waals surface area contributed by atoms with Gasteiger partial charge in [0, 0.05) is 32.7 Å². The largest absolute Gasteiger partial charge is 0.300 e. The van der Waals surface area contributed by atoms with Crippen molar-refractivity contribution in [2.24, 2.45) is 5.92 Å². The first-order valence-electron chi connectivity index (χ1n) is 7.33. The van der Waals surface area contributed by atoms with Crippen LogP contribution in [0.2, 0.25) is 0 Å². The average Bonchev–Trinajstić information content (AvgIpc) is 3.32. The smallest absolute Gasteiger partial charge is 0.244 e. The fourth-order valence-corrected chi connectivity index (χ4v) is 4.31. The predicted octanol–water partition coefficient (Wildman–Crippen LogP) is 1.27. The highest BCUT2D eigenvalue weighted by atomic mass is 32.2. The third-order valence-corrected chi connectivity index (χ3v) is 6.13. The Kier molecular flexibility index (Phi) is 3.98. The normalized spacial score (nSPS) is 21.1. The molecule has 1 aliphatic heterocycles. The standard InChI is InChI=1S/C15H19N3O2S/c16-11-14-3-1-2-4-15(14)21(19,20)18-9-7-17(8-10-18)12-13-5-6-13/h1-4,13H,5-10,12H2. The van der Waals surface area contributed by atoms with Gasteiger partial charge in [-0.1, -0.05) is 12.1 Å². The van der Waals surface area contributed by atoms with E-state index in [1.165, 1.54) is 23.2 Å². The summed E-state index contributed by atoms with van der Waals surface area (Å²) in [6, 6.07) is 8.39. The van der Waals surface area contributed by atoms with E-state index < -0.39 is 10.0 Å². The Morgan fingerprint density at radius 3 is 2.43 bits per heavy atom. The molecule has 1 saturated heterocycles. The molecule has 0 radical (unpaired) electrons. The fourth-order valence-electron chi connectivity index (χ4n) is 2.74. The van der Waals surface area contributed by atoms with Crippen molar-refractivity contribution in [3.8, 4) is 6.07 Å². The third-order valence-electron chi connectivity index (χ3n) is 4.17. The van der Waals surface area contributed by atoms with Crippen LogP contribution in [0.5, 0.6) is 0 Å². The Hall–Kier alpha value is -1.42. The molecule has 0 amide bonds. The second kappa shape index (κ2) is 5.76. The van der Waals surface area contributed by atoms with Crippen LogP contribution in [0.4, 0.5) is 0 Å². The van der Waals surface area contributed by atoms with E-state index in [0.29, 0.717) is 13.1 Å². The summed E-state index contributed by atoms with van der Waals surface area (Å²) in [5.41, 5.74) is 0.220. The van der Waals surface area contributed by atoms with Gasteiger partial charge in [0.2, 0.25) is 10.0 Å². The molecule has 0 N–H and O–H groups in total. The monoisotopic (exact) mass is 305 g/mol. The van der Waals surface area contributed by atoms with Crippen LogP contribution in [0.25, 0.3) is 0 Å². The molecule has 0 unspecified atom stereocenters. The molecule has 0 atom stereocenters. The third kappa shape index (κ3) is 3.10. The van der Waals surface area contributed by atoms with Gasteiger partial charge in [0.1, 0.15) is 6.07 Å². The molecule has 112 valence electrons. The van der Waals surface area contributed by atoms with Crippen LogP contribution >= 0.6 is 0 Å². The van der Waals surface area contributed by atoms with Gasteiger partial charge < -0.3 is 4.90 Å². The lowest BCUT2D eigenvalue weighted by molar-refractivity contribution is 0.182. The van der Waals surface area contributed by atoms with Crippen molar-refractivity contribution in [1.82, 2.24) is 9.21 Å². The van der Waals surface area contributed by atoms with Crippen LogP contribution < -0.4 is 0 Å². The maximum atomic E-state index is 12.7. The van der Waals surface area contributed by atoms with Gasteiger partial charge in [-0.2, -0.15) is 9.57 Å². The van der Waals surface area contributed by atoms with E-state index in [1.54, 1.807) is 18.2 Å². The zero-order valence-corrected chi connectivity index (χ0v) is 12.7. The van der Waals surface area contributed by atoms with E-state index in [9.17, 15) is 8.42 Å². The van der Waals surface area contributed by atoms with E-state index >= 15 is 0 Å². The zero-order valence-electron chi connectivity index (χ0n) is 11.9. The average molecular weight is 305 g/mol. The molecule has 0 spiro atoms. The van der Waals surface area contributed by atoms with Gasteiger partial charge in [-0.15, -0.1) is 0 Å². The molecule has 0 aromatic heterocycles. The highest BCUT2D eigenvalue weighted by molar-refractivity contribution is 7.89. The summed E-state index contributed by atoms with van der Waals surface area (Å²) >= 11 is 0. The molecular formula is C15H19N3O2S. The highest BCUT2D eigenvalue weighted by Gasteiger charge is 2.32. The van der Waals surface area contributed by atoms with Crippen LogP contribution in [0.3, 0.4) is 0 Å². The number of rotatable bonds is 4. The summed E-state index contributed by atoms with van der Waals surface area (Å²) in [7, 11) is -3.56. The van der Waals surface area contributed by atoms with Gasteiger partial charge in [-0.05, 0) is 30.9 Å². The van der Waals surface area contributed by atoms with Crippen LogP contribution in [-0.4, -0.2) is 50.3 Å². The number of sulfonamides is 1. The fraction of sp³-hybridized carbons (Fsp3) is 0.533. The number of hydrogen-bond donors (Lipinski definition) is 0. The number of benzene rings is 1. The first-order valence-corrected chi connectivity index (χ1v) is 8.77. The predicted molar refractivity (Wildman–Crippen MR) is 79.1 cm³/mol. The van der Waals surface area contributed by atoms with Gasteiger partial charge in [0.15, 0.2) is 0 Å². The molecule has 21 heavy (non-hydrogen) atoms. The highest BCUT2D eigenvalue weighted by Crippen LogP contribution is 2.30. The second-order valence-electron chi connectivity index (χ2n) is 5.76. The molecule has 0 bridgehead atoms. The molecule has 1 saturated carbocycles. The Morgan fingerprint density at radius 1 is 1.14 bits per heavy atom. The Morgan fingerprint density at radius 2 is 1.81 bits per heavy atom. The van der Waals surface area contributed by atoms with E-state index in [0.717, 1.165) is 25.6 Å². The topological polar surface area (TPSA) is 64.4 Å². The minimum absolute atomic E-state index is 0.128. The molecule has 1 aromatic rings. The van der Waals surface area contributed by atoms with Crippen LogP contribution in [0.15, 0.2) is 29.2 Å². The Bertz CT molecular complexity index is 654. The van der Waals surface area contributed by atoms with Crippen molar-refractivity contribution in [3.05, 3.63) is 29.8 Å². The summed E-state index contributed by atoms with van der Waals surface area (Å²) in [5.74, 6) is 0.826. The van der Waals surface area contributed by atoms with E-state index in [4.69, 9.17) is 5.26 Å². The van der Waals surface area contributed by atoms with Crippen LogP contribution in [-0.2, 0) is 10.0 Å². The summed E-state index contributed by atoms with van der Waals surface area (Å²) in [6.07, 6.45) is 2.63. The Labute approximate surface area is 125 Å². The summed E-state index contributed by atoms with van der Waals surface area (Å²) in [5, 5.41) is 9.09. The van der Waals surface area contributed by atoms with Crippen molar-refractivity contribution in [2.75, 3.05) is 32.7 Å². The van der Waals surface area contributed by atoms with Crippen LogP contribution in [0, 0.1) is 17.2 Å². The summed E-state index contributed by atoms with van der Waals surface area (Å²) in [4.78, 5) is 2.48. The number of hydrogen-bond acceptors (Lipinski definition) is 4. The van der Waals surface area contributed by atoms with Crippen molar-refractivity contribution in [3.63, 3.8) is 0 Å². The molecule has 3 rings (SSSR count). The molecule has 1 heterocycles. The molecule has 2 fully saturated rings. The maximum absolute atomic E-state index is 12.7. The quantitative estimate of drug-likeness (QED) is 0.840. The van der Waals surface area contributed by atoms with Crippen molar-refractivity contribution < 1.29 is 8.42 Å². The molecule has 2 aliphatic rings. The van der Waals surface area contributed by atoms with Crippen molar-refractivity contribution >= 4 is 10.0 Å². The van der Waals surface area contributed by atoms with Gasteiger partial charge >= 0.3 is 0 Å². The number of nitrogens with zero attached hydrogens (tertiary/aromatic N) is 3. The molecule has 5 nitrogen and oxygen atoms in total. The lowest BCUT2D eigenvalue weighted by atomic mass is 10.2. The SMILES string of the molecule is N#Cc1ccccc1S(=O)(=O)N1CCN(CC2CC2)CC1. The van der Waals surface area contributed by atoms with Crippen molar-refractivity contribution in [1.29, 1.82) is 5.26 Å². The van der Waals surface area contributed by atoms with E-state index in [1.807, 2.05) is 6.07 Å². The summed E-state index contributed by atoms with van der Waals surface area (Å²) < 4.78 is 26.8. The Balaban J connectivity index is 1.72. The molecular weight excluding hydrogens is 286 g/mol. The summed E-state index contributed by atoms with van der Waals surface area (Å²) in [6.45, 7) is 3.68. The minimum Gasteiger partial charge on any atom is -0.300 e. The van der Waals surface area contributed by atoms with E-state index in [2.05, 4.69) is 4.90 Å². The lowest BCUT2D eigenvalue weighted by Gasteiger charge is -2.34. The van der Waals surface area contributed by atoms with Crippen molar-refractivity contribution in [2.45, 2.75) is 17.7 Å². The maximum Gasteiger partial charge on any atom is 0.244 e. The minimum atomic E-state index is -3.56. The van der Waals surface area contributed by atoms with Gasteiger partial charge in [-0.25, -0.2) is 8.42 Å². The first kappa shape index (κ1) is 14.5. The number of nitriles is 1. The van der Waals surface area contributed by atoms with Gasteiger partial charge in [0.25, 0.3) is 0 Å². The van der Waals surface area contributed by atoms with Gasteiger partial charge in [0.05, 0.1) is 10.5 Å². The number of piperazine rings is 1. The zero-order chi connectivity index (χ0) is 14.9. The molecule has 1 aliphatic carbocycles. The first-order chi connectivity index (χ1) is 10.1. The molecule has 6 heteroatoms. The second-order valence-corrected chi connectivity index (χ2v) is 7.66.